The fourth-order valence-electron chi connectivity index (χ4n) is 3.64. The lowest BCUT2D eigenvalue weighted by molar-refractivity contribution is 0.102. The molecule has 0 unspecified atom stereocenters. The molecule has 1 amide bonds. The van der Waals surface area contributed by atoms with Crippen LogP contribution in [0.4, 0.5) is 5.69 Å². The topological polar surface area (TPSA) is 41.6 Å². The van der Waals surface area contributed by atoms with Crippen molar-refractivity contribution in [3.63, 3.8) is 0 Å². The average Bonchev–Trinajstić information content (AvgIpc) is 2.78. The molecule has 0 spiro atoms. The number of likely N-dealkylation sites (tertiary alicyclic amines) is 1. The Bertz CT molecular complexity index is 1060. The largest absolute Gasteiger partial charge is 0.490 e. The Hall–Kier alpha value is -2.53. The van der Waals surface area contributed by atoms with Crippen molar-refractivity contribution in [2.45, 2.75) is 18.9 Å². The van der Waals surface area contributed by atoms with Gasteiger partial charge in [0, 0.05) is 24.3 Å². The molecular formula is C25H24Cl2N2O2. The normalized spacial score (nSPS) is 14.9. The number of rotatable bonds is 5. The molecule has 0 bridgehead atoms. The number of carbonyl (C=O) groups is 1. The number of carbonyl (C=O) groups excluding carboxylic acids is 1. The summed E-state index contributed by atoms with van der Waals surface area (Å²) in [6.07, 6.45) is 2.39. The van der Waals surface area contributed by atoms with Crippen LogP contribution in [0.15, 0.2) is 66.7 Å². The summed E-state index contributed by atoms with van der Waals surface area (Å²) in [6, 6.07) is 20.7. The number of benzene rings is 3. The number of halogens is 2. The fraction of sp³-hybridized carbons (Fsp3) is 0.240. The minimum Gasteiger partial charge on any atom is -0.490 e. The molecule has 3 aromatic carbocycles. The van der Waals surface area contributed by atoms with E-state index in [4.69, 9.17) is 27.9 Å². The van der Waals surface area contributed by atoms with Gasteiger partial charge in [-0.25, -0.2) is 0 Å². The molecular weight excluding hydrogens is 431 g/mol. The summed E-state index contributed by atoms with van der Waals surface area (Å²) in [5, 5.41) is 3.69. The second-order valence-electron chi connectivity index (χ2n) is 7.81. The molecule has 4 rings (SSSR count). The Morgan fingerprint density at radius 3 is 2.39 bits per heavy atom. The van der Waals surface area contributed by atoms with Crippen molar-refractivity contribution in [1.82, 2.24) is 4.90 Å². The molecule has 0 atom stereocenters. The van der Waals surface area contributed by atoms with Crippen LogP contribution < -0.4 is 10.1 Å². The van der Waals surface area contributed by atoms with Crippen LogP contribution in [0.3, 0.4) is 0 Å². The van der Waals surface area contributed by atoms with E-state index in [0.717, 1.165) is 42.8 Å². The second kappa shape index (κ2) is 9.73. The Labute approximate surface area is 192 Å². The Morgan fingerprint density at radius 1 is 0.935 bits per heavy atom. The first-order chi connectivity index (χ1) is 15.0. The monoisotopic (exact) mass is 454 g/mol. The van der Waals surface area contributed by atoms with Gasteiger partial charge in [0.15, 0.2) is 0 Å². The highest BCUT2D eigenvalue weighted by Crippen LogP contribution is 2.27. The van der Waals surface area contributed by atoms with E-state index in [1.807, 2.05) is 48.5 Å². The molecule has 0 aliphatic carbocycles. The van der Waals surface area contributed by atoms with E-state index in [1.54, 1.807) is 18.2 Å². The molecule has 0 aromatic heterocycles. The van der Waals surface area contributed by atoms with Crippen LogP contribution >= 0.6 is 23.2 Å². The smallest absolute Gasteiger partial charge is 0.255 e. The number of hydrogen-bond acceptors (Lipinski definition) is 3. The molecule has 4 nitrogen and oxygen atoms in total. The number of ether oxygens (including phenoxy) is 1. The maximum absolute atomic E-state index is 12.5. The highest BCUT2D eigenvalue weighted by Gasteiger charge is 2.18. The van der Waals surface area contributed by atoms with Crippen molar-refractivity contribution in [2.75, 3.05) is 25.5 Å². The van der Waals surface area contributed by atoms with Gasteiger partial charge < -0.3 is 15.0 Å². The molecule has 6 heteroatoms. The van der Waals surface area contributed by atoms with Gasteiger partial charge in [-0.1, -0.05) is 47.5 Å². The number of anilines is 1. The molecule has 31 heavy (non-hydrogen) atoms. The average molecular weight is 455 g/mol. The Balaban J connectivity index is 1.42. The number of piperidine rings is 1. The zero-order chi connectivity index (χ0) is 21.8. The van der Waals surface area contributed by atoms with Gasteiger partial charge in [-0.3, -0.25) is 4.79 Å². The molecule has 1 aliphatic heterocycles. The first-order valence-corrected chi connectivity index (χ1v) is 11.1. The fourth-order valence-corrected chi connectivity index (χ4v) is 3.94. The maximum Gasteiger partial charge on any atom is 0.255 e. The molecule has 160 valence electrons. The van der Waals surface area contributed by atoms with E-state index in [9.17, 15) is 4.79 Å². The molecule has 1 saturated heterocycles. The van der Waals surface area contributed by atoms with Crippen molar-refractivity contribution >= 4 is 34.8 Å². The van der Waals surface area contributed by atoms with Gasteiger partial charge in [0.2, 0.25) is 0 Å². The van der Waals surface area contributed by atoms with E-state index in [0.29, 0.717) is 21.3 Å². The second-order valence-corrected chi connectivity index (χ2v) is 8.62. The van der Waals surface area contributed by atoms with Crippen LogP contribution in [-0.4, -0.2) is 37.0 Å². The summed E-state index contributed by atoms with van der Waals surface area (Å²) in [5.41, 5.74) is 3.23. The van der Waals surface area contributed by atoms with Crippen molar-refractivity contribution < 1.29 is 9.53 Å². The van der Waals surface area contributed by atoms with Crippen molar-refractivity contribution in [1.29, 1.82) is 0 Å². The lowest BCUT2D eigenvalue weighted by Crippen LogP contribution is -2.35. The molecule has 3 aromatic rings. The van der Waals surface area contributed by atoms with Crippen LogP contribution in [0.25, 0.3) is 11.1 Å². The summed E-state index contributed by atoms with van der Waals surface area (Å²) >= 11 is 12.0. The molecule has 0 saturated carbocycles. The SMILES string of the molecule is CN1CCC(Oc2ccc(-c3cccc(NC(=O)c4ccc(Cl)c(Cl)c4)c3)cc2)CC1. The third-order valence-electron chi connectivity index (χ3n) is 5.46. The molecule has 1 fully saturated rings. The molecule has 1 aliphatic rings. The van der Waals surface area contributed by atoms with Crippen LogP contribution in [-0.2, 0) is 0 Å². The highest BCUT2D eigenvalue weighted by atomic mass is 35.5. The number of hydrogen-bond donors (Lipinski definition) is 1. The lowest BCUT2D eigenvalue weighted by Gasteiger charge is -2.29. The summed E-state index contributed by atoms with van der Waals surface area (Å²) in [4.78, 5) is 14.9. The third kappa shape index (κ3) is 5.59. The van der Waals surface area contributed by atoms with Gasteiger partial charge in [-0.2, -0.15) is 0 Å². The van der Waals surface area contributed by atoms with Crippen LogP contribution in [0.2, 0.25) is 10.0 Å². The number of nitrogens with one attached hydrogen (secondary N) is 1. The predicted molar refractivity (Wildman–Crippen MR) is 127 cm³/mol. The summed E-state index contributed by atoms with van der Waals surface area (Å²) < 4.78 is 6.13. The zero-order valence-electron chi connectivity index (χ0n) is 17.3. The maximum atomic E-state index is 12.5. The zero-order valence-corrected chi connectivity index (χ0v) is 18.8. The van der Waals surface area contributed by atoms with Crippen LogP contribution in [0.5, 0.6) is 5.75 Å². The molecule has 0 radical (unpaired) electrons. The van der Waals surface area contributed by atoms with Gasteiger partial charge in [0.05, 0.1) is 10.0 Å². The van der Waals surface area contributed by atoms with Gasteiger partial charge >= 0.3 is 0 Å². The Kier molecular flexibility index (Phi) is 6.81. The summed E-state index contributed by atoms with van der Waals surface area (Å²) in [6.45, 7) is 2.15. The minimum absolute atomic E-state index is 0.238. The minimum atomic E-state index is -0.238. The van der Waals surface area contributed by atoms with Gasteiger partial charge in [0.25, 0.3) is 5.91 Å². The van der Waals surface area contributed by atoms with Crippen LogP contribution in [0, 0.1) is 0 Å². The van der Waals surface area contributed by atoms with E-state index in [1.165, 1.54) is 0 Å². The highest BCUT2D eigenvalue weighted by molar-refractivity contribution is 6.42. The van der Waals surface area contributed by atoms with E-state index >= 15 is 0 Å². The van der Waals surface area contributed by atoms with E-state index in [-0.39, 0.29) is 12.0 Å². The van der Waals surface area contributed by atoms with Crippen molar-refractivity contribution in [3.8, 4) is 16.9 Å². The molecule has 1 heterocycles. The van der Waals surface area contributed by atoms with Crippen LogP contribution in [0.1, 0.15) is 23.2 Å². The van der Waals surface area contributed by atoms with Crippen molar-refractivity contribution in [2.24, 2.45) is 0 Å². The summed E-state index contributed by atoms with van der Waals surface area (Å²) in [7, 11) is 2.15. The van der Waals surface area contributed by atoms with Gasteiger partial charge in [-0.05, 0) is 73.5 Å². The molecule has 1 N–H and O–H groups in total. The first-order valence-electron chi connectivity index (χ1n) is 10.3. The first kappa shape index (κ1) is 21.7. The summed E-state index contributed by atoms with van der Waals surface area (Å²) in [5.74, 6) is 0.653. The standard InChI is InChI=1S/C25H24Cl2N2O2/c1-29-13-11-22(12-14-29)31-21-8-5-17(6-9-21)18-3-2-4-20(15-18)28-25(30)19-7-10-23(26)24(27)16-19/h2-10,15-16,22H,11-14H2,1H3,(H,28,30). The lowest BCUT2D eigenvalue weighted by atomic mass is 10.0. The Morgan fingerprint density at radius 2 is 1.68 bits per heavy atom. The van der Waals surface area contributed by atoms with E-state index in [2.05, 4.69) is 17.3 Å². The van der Waals surface area contributed by atoms with Crippen molar-refractivity contribution in [3.05, 3.63) is 82.3 Å². The predicted octanol–water partition coefficient (Wildman–Crippen LogP) is 6.39. The number of amides is 1. The van der Waals surface area contributed by atoms with Gasteiger partial charge in [0.1, 0.15) is 11.9 Å². The van der Waals surface area contributed by atoms with E-state index < -0.39 is 0 Å². The van der Waals surface area contributed by atoms with Gasteiger partial charge in [-0.15, -0.1) is 0 Å². The number of nitrogens with zero attached hydrogens (tertiary/aromatic N) is 1. The quantitative estimate of drug-likeness (QED) is 0.485. The third-order valence-corrected chi connectivity index (χ3v) is 6.20.